The second kappa shape index (κ2) is 7.27. The normalized spacial score (nSPS) is 9.21. The first-order chi connectivity index (χ1) is 9.18. The second-order valence-corrected chi connectivity index (χ2v) is 3.89. The highest BCUT2D eigenvalue weighted by molar-refractivity contribution is 6.49. The molecule has 0 fully saturated rings. The van der Waals surface area contributed by atoms with Crippen LogP contribution in [0.25, 0.3) is 0 Å². The number of carbonyl (C=O) groups excluding carboxylic acids is 2. The molecule has 19 heavy (non-hydrogen) atoms. The molecule has 0 radical (unpaired) electrons. The lowest BCUT2D eigenvalue weighted by Gasteiger charge is -2.01. The van der Waals surface area contributed by atoms with Crippen LogP contribution in [0, 0.1) is 6.92 Å². The number of benzene rings is 2. The number of aryl methyl sites for hydroxylation is 1. The molecule has 0 N–H and O–H groups in total. The highest BCUT2D eigenvalue weighted by Crippen LogP contribution is 2.09. The van der Waals surface area contributed by atoms with Crippen LogP contribution in [-0.2, 0) is 0 Å². The number of Topliss-reactive ketones (excluding diaryl/α,β-unsaturated/α-hetero) is 2. The Morgan fingerprint density at radius 2 is 1.11 bits per heavy atom. The van der Waals surface area contributed by atoms with Crippen LogP contribution in [0.5, 0.6) is 0 Å². The van der Waals surface area contributed by atoms with Crippen LogP contribution in [0.2, 0.25) is 0 Å². The average molecular weight is 254 g/mol. The number of rotatable bonds is 3. The van der Waals surface area contributed by atoms with Gasteiger partial charge in [-0.2, -0.15) is 0 Å². The highest BCUT2D eigenvalue weighted by atomic mass is 16.2. The summed E-state index contributed by atoms with van der Waals surface area (Å²) in [7, 11) is 0. The lowest BCUT2D eigenvalue weighted by Crippen LogP contribution is -2.14. The summed E-state index contributed by atoms with van der Waals surface area (Å²) in [5.74, 6) is -0.925. The van der Waals surface area contributed by atoms with Crippen molar-refractivity contribution in [3.05, 3.63) is 71.3 Å². The van der Waals surface area contributed by atoms with Crippen LogP contribution in [-0.4, -0.2) is 11.6 Å². The van der Waals surface area contributed by atoms with Gasteiger partial charge in [-0.05, 0) is 6.92 Å². The van der Waals surface area contributed by atoms with E-state index in [0.717, 1.165) is 5.56 Å². The summed E-state index contributed by atoms with van der Waals surface area (Å²) in [5, 5.41) is 0. The topological polar surface area (TPSA) is 34.1 Å². The van der Waals surface area contributed by atoms with Gasteiger partial charge in [0.15, 0.2) is 0 Å². The monoisotopic (exact) mass is 254 g/mol. The van der Waals surface area contributed by atoms with Gasteiger partial charge >= 0.3 is 0 Å². The van der Waals surface area contributed by atoms with Crippen molar-refractivity contribution in [1.82, 2.24) is 0 Å². The number of ketones is 2. The van der Waals surface area contributed by atoms with Crippen LogP contribution in [0.4, 0.5) is 0 Å². The first-order valence-electron chi connectivity index (χ1n) is 6.39. The standard InChI is InChI=1S/C15H12O2.C2H6/c1-11-7-9-13(10-8-11)15(17)14(16)12-5-3-2-4-6-12;1-2/h2-10H,1H3;1-2H3. The summed E-state index contributed by atoms with van der Waals surface area (Å²) in [6.07, 6.45) is 0. The third kappa shape index (κ3) is 3.88. The van der Waals surface area contributed by atoms with Crippen molar-refractivity contribution in [1.29, 1.82) is 0 Å². The summed E-state index contributed by atoms with van der Waals surface area (Å²) >= 11 is 0. The molecule has 0 spiro atoms. The van der Waals surface area contributed by atoms with Gasteiger partial charge in [-0.3, -0.25) is 9.59 Å². The molecule has 0 heterocycles. The molecule has 2 heteroatoms. The zero-order valence-electron chi connectivity index (χ0n) is 11.5. The van der Waals surface area contributed by atoms with Gasteiger partial charge in [0.1, 0.15) is 0 Å². The highest BCUT2D eigenvalue weighted by Gasteiger charge is 2.17. The van der Waals surface area contributed by atoms with E-state index < -0.39 is 11.6 Å². The van der Waals surface area contributed by atoms with E-state index in [-0.39, 0.29) is 0 Å². The molecule has 0 atom stereocenters. The molecule has 2 aromatic rings. The number of hydrogen-bond donors (Lipinski definition) is 0. The molecule has 0 amide bonds. The second-order valence-electron chi connectivity index (χ2n) is 3.89. The van der Waals surface area contributed by atoms with Gasteiger partial charge in [0.25, 0.3) is 0 Å². The Kier molecular flexibility index (Phi) is 5.68. The van der Waals surface area contributed by atoms with Crippen molar-refractivity contribution >= 4 is 11.6 Å². The maximum absolute atomic E-state index is 11.9. The third-order valence-electron chi connectivity index (χ3n) is 2.56. The summed E-state index contributed by atoms with van der Waals surface area (Å²) < 4.78 is 0. The molecule has 0 aliphatic carbocycles. The van der Waals surface area contributed by atoms with Gasteiger partial charge in [0.2, 0.25) is 11.6 Å². The summed E-state index contributed by atoms with van der Waals surface area (Å²) in [5.41, 5.74) is 1.93. The summed E-state index contributed by atoms with van der Waals surface area (Å²) in [6, 6.07) is 15.6. The van der Waals surface area contributed by atoms with E-state index in [1.807, 2.05) is 39.0 Å². The Morgan fingerprint density at radius 3 is 1.58 bits per heavy atom. The lowest BCUT2D eigenvalue weighted by atomic mass is 10.0. The predicted molar refractivity (Wildman–Crippen MR) is 77.6 cm³/mol. The quantitative estimate of drug-likeness (QED) is 0.610. The van der Waals surface area contributed by atoms with Crippen LogP contribution in [0.15, 0.2) is 54.6 Å². The van der Waals surface area contributed by atoms with Crippen molar-refractivity contribution in [2.75, 3.05) is 0 Å². The number of hydrogen-bond acceptors (Lipinski definition) is 2. The molecule has 98 valence electrons. The van der Waals surface area contributed by atoms with Crippen molar-refractivity contribution in [3.8, 4) is 0 Å². The van der Waals surface area contributed by atoms with Crippen LogP contribution in [0.3, 0.4) is 0 Å². The Bertz CT molecular complexity index is 539. The van der Waals surface area contributed by atoms with Crippen molar-refractivity contribution in [2.45, 2.75) is 20.8 Å². The number of carbonyl (C=O) groups is 2. The van der Waals surface area contributed by atoms with E-state index in [1.165, 1.54) is 0 Å². The fourth-order valence-corrected chi connectivity index (χ4v) is 1.56. The molecule has 2 nitrogen and oxygen atoms in total. The Morgan fingerprint density at radius 1 is 0.684 bits per heavy atom. The molecule has 0 saturated carbocycles. The maximum atomic E-state index is 11.9. The summed E-state index contributed by atoms with van der Waals surface area (Å²) in [6.45, 7) is 5.94. The fourth-order valence-electron chi connectivity index (χ4n) is 1.56. The minimum Gasteiger partial charge on any atom is -0.285 e. The molecule has 0 aromatic heterocycles. The zero-order valence-corrected chi connectivity index (χ0v) is 11.5. The SMILES string of the molecule is CC.Cc1ccc(C(=O)C(=O)c2ccccc2)cc1. The lowest BCUT2D eigenvalue weighted by molar-refractivity contribution is 0.0817. The Labute approximate surface area is 114 Å². The van der Waals surface area contributed by atoms with Crippen LogP contribution >= 0.6 is 0 Å². The van der Waals surface area contributed by atoms with Crippen LogP contribution in [0.1, 0.15) is 40.1 Å². The molecule has 0 bridgehead atoms. The van der Waals surface area contributed by atoms with Gasteiger partial charge in [-0.25, -0.2) is 0 Å². The van der Waals surface area contributed by atoms with E-state index in [4.69, 9.17) is 0 Å². The maximum Gasteiger partial charge on any atom is 0.233 e. The zero-order chi connectivity index (χ0) is 14.3. The van der Waals surface area contributed by atoms with E-state index in [2.05, 4.69) is 0 Å². The van der Waals surface area contributed by atoms with Gasteiger partial charge in [0, 0.05) is 11.1 Å². The molecule has 0 aliphatic heterocycles. The Hall–Kier alpha value is -2.22. The van der Waals surface area contributed by atoms with Crippen molar-refractivity contribution < 1.29 is 9.59 Å². The average Bonchev–Trinajstić information content (AvgIpc) is 2.49. The summed E-state index contributed by atoms with van der Waals surface area (Å²) in [4.78, 5) is 23.8. The molecular weight excluding hydrogens is 236 g/mol. The predicted octanol–water partition coefficient (Wildman–Crippen LogP) is 4.09. The van der Waals surface area contributed by atoms with Gasteiger partial charge in [-0.1, -0.05) is 74.0 Å². The first-order valence-corrected chi connectivity index (χ1v) is 6.39. The molecule has 0 aliphatic rings. The molecule has 2 rings (SSSR count). The fraction of sp³-hybridized carbons (Fsp3) is 0.176. The van der Waals surface area contributed by atoms with E-state index in [9.17, 15) is 9.59 Å². The largest absolute Gasteiger partial charge is 0.285 e. The smallest absolute Gasteiger partial charge is 0.233 e. The third-order valence-corrected chi connectivity index (χ3v) is 2.56. The van der Waals surface area contributed by atoms with Crippen LogP contribution < -0.4 is 0 Å². The molecule has 0 saturated heterocycles. The van der Waals surface area contributed by atoms with Gasteiger partial charge in [-0.15, -0.1) is 0 Å². The van der Waals surface area contributed by atoms with Gasteiger partial charge < -0.3 is 0 Å². The van der Waals surface area contributed by atoms with E-state index in [1.54, 1.807) is 36.4 Å². The Balaban J connectivity index is 0.000000861. The minimum atomic E-state index is -0.463. The molecular formula is C17H18O2. The van der Waals surface area contributed by atoms with Crippen molar-refractivity contribution in [3.63, 3.8) is 0 Å². The minimum absolute atomic E-state index is 0.429. The molecule has 0 unspecified atom stereocenters. The van der Waals surface area contributed by atoms with E-state index >= 15 is 0 Å². The van der Waals surface area contributed by atoms with E-state index in [0.29, 0.717) is 11.1 Å². The molecule has 2 aromatic carbocycles. The first kappa shape index (κ1) is 14.8. The van der Waals surface area contributed by atoms with Crippen molar-refractivity contribution in [2.24, 2.45) is 0 Å². The van der Waals surface area contributed by atoms with Gasteiger partial charge in [0.05, 0.1) is 0 Å².